The van der Waals surface area contributed by atoms with Crippen LogP contribution in [-0.2, 0) is 14.8 Å². The minimum atomic E-state index is -3.94. The van der Waals surface area contributed by atoms with Crippen molar-refractivity contribution in [1.29, 1.82) is 0 Å². The molecule has 0 saturated carbocycles. The van der Waals surface area contributed by atoms with Crippen LogP contribution in [0, 0.1) is 27.7 Å². The Hall–Kier alpha value is -1.85. The van der Waals surface area contributed by atoms with E-state index in [1.54, 1.807) is 24.3 Å². The summed E-state index contributed by atoms with van der Waals surface area (Å²) in [5.74, 6) is 0. The number of nitrogens with zero attached hydrogens (tertiary/aromatic N) is 1. The van der Waals surface area contributed by atoms with E-state index in [2.05, 4.69) is 0 Å². The first-order valence-electron chi connectivity index (χ1n) is 7.94. The van der Waals surface area contributed by atoms with Gasteiger partial charge in [-0.3, -0.25) is 9.10 Å². The van der Waals surface area contributed by atoms with Gasteiger partial charge in [-0.05, 0) is 69.5 Å². The minimum absolute atomic E-state index is 0.127. The van der Waals surface area contributed by atoms with Gasteiger partial charge in [-0.25, -0.2) is 8.42 Å². The van der Waals surface area contributed by atoms with Crippen molar-refractivity contribution < 1.29 is 13.2 Å². The van der Waals surface area contributed by atoms with E-state index in [1.807, 2.05) is 39.8 Å². The smallest absolute Gasteiger partial charge is 0.265 e. The van der Waals surface area contributed by atoms with E-state index in [1.165, 1.54) is 6.92 Å². The largest absolute Gasteiger partial charge is 0.279 e. The summed E-state index contributed by atoms with van der Waals surface area (Å²) < 4.78 is 27.7. The maximum atomic E-state index is 13.3. The molecule has 6 heteroatoms. The molecule has 2 rings (SSSR count). The second-order valence-electron chi connectivity index (χ2n) is 6.34. The molecule has 0 aliphatic rings. The Morgan fingerprint density at radius 2 is 1.44 bits per heavy atom. The predicted octanol–water partition coefficient (Wildman–Crippen LogP) is 4.27. The van der Waals surface area contributed by atoms with Gasteiger partial charge in [0.25, 0.3) is 10.0 Å². The Bertz CT molecular complexity index is 882. The number of aryl methyl sites for hydroxylation is 4. The van der Waals surface area contributed by atoms with Crippen LogP contribution in [0.4, 0.5) is 5.69 Å². The molecule has 1 atom stereocenters. The quantitative estimate of drug-likeness (QED) is 0.729. The Kier molecular flexibility index (Phi) is 5.59. The molecule has 1 unspecified atom stereocenters. The molecular formula is C19H22ClNO3S. The third-order valence-electron chi connectivity index (χ3n) is 4.11. The lowest BCUT2D eigenvalue weighted by Crippen LogP contribution is -2.42. The van der Waals surface area contributed by atoms with Crippen molar-refractivity contribution in [2.24, 2.45) is 0 Å². The van der Waals surface area contributed by atoms with E-state index in [9.17, 15) is 13.2 Å². The third-order valence-corrected chi connectivity index (χ3v) is 6.31. The summed E-state index contributed by atoms with van der Waals surface area (Å²) in [4.78, 5) is 12.0. The van der Waals surface area contributed by atoms with Gasteiger partial charge in [0.15, 0.2) is 0 Å². The van der Waals surface area contributed by atoms with Gasteiger partial charge in [0, 0.05) is 0 Å². The summed E-state index contributed by atoms with van der Waals surface area (Å²) in [6.07, 6.45) is 0. The van der Waals surface area contributed by atoms with Crippen molar-refractivity contribution in [3.8, 4) is 0 Å². The summed E-state index contributed by atoms with van der Waals surface area (Å²) in [5, 5.41) is -0.727. The van der Waals surface area contributed by atoms with Crippen LogP contribution in [-0.4, -0.2) is 19.7 Å². The molecule has 0 fully saturated rings. The van der Waals surface area contributed by atoms with Gasteiger partial charge in [0.1, 0.15) is 6.04 Å². The lowest BCUT2D eigenvalue weighted by atomic mass is 10.0. The van der Waals surface area contributed by atoms with Gasteiger partial charge >= 0.3 is 0 Å². The molecule has 2 aromatic rings. The van der Waals surface area contributed by atoms with Crippen molar-refractivity contribution >= 4 is 32.6 Å². The summed E-state index contributed by atoms with van der Waals surface area (Å²) in [6, 6.07) is 9.31. The molecule has 0 amide bonds. The van der Waals surface area contributed by atoms with Crippen LogP contribution in [0.15, 0.2) is 41.3 Å². The third kappa shape index (κ3) is 3.88. The van der Waals surface area contributed by atoms with Crippen molar-refractivity contribution in [2.75, 3.05) is 4.31 Å². The van der Waals surface area contributed by atoms with E-state index < -0.39 is 21.3 Å². The minimum Gasteiger partial charge on any atom is -0.279 e. The lowest BCUT2D eigenvalue weighted by Gasteiger charge is -2.31. The second-order valence-corrected chi connectivity index (χ2v) is 8.53. The molecule has 0 heterocycles. The highest BCUT2D eigenvalue weighted by Gasteiger charge is 2.34. The zero-order valence-electron chi connectivity index (χ0n) is 15.0. The molecule has 0 spiro atoms. The van der Waals surface area contributed by atoms with Gasteiger partial charge < -0.3 is 0 Å². The summed E-state index contributed by atoms with van der Waals surface area (Å²) >= 11 is 5.68. The molecule has 0 aliphatic heterocycles. The monoisotopic (exact) mass is 379 g/mol. The van der Waals surface area contributed by atoms with Crippen LogP contribution in [0.5, 0.6) is 0 Å². The van der Waals surface area contributed by atoms with Gasteiger partial charge in [0.05, 0.1) is 10.6 Å². The zero-order chi connectivity index (χ0) is 18.9. The highest BCUT2D eigenvalue weighted by atomic mass is 35.5. The fraction of sp³-hybridized carbons (Fsp3) is 0.316. The Labute approximate surface area is 154 Å². The molecule has 0 aliphatic carbocycles. The number of halogens is 1. The first-order valence-corrected chi connectivity index (χ1v) is 9.76. The Morgan fingerprint density at radius 3 is 1.88 bits per heavy atom. The van der Waals surface area contributed by atoms with Gasteiger partial charge in [-0.2, -0.15) is 0 Å². The molecule has 2 aromatic carbocycles. The van der Waals surface area contributed by atoms with Crippen LogP contribution in [0.25, 0.3) is 0 Å². The number of carbonyl (C=O) groups is 1. The standard InChI is InChI=1S/C19H22ClNO3S/c1-12-6-8-17(9-7-12)25(23,24)21(16(5)19(20)22)18-14(3)10-13(2)11-15(18)4/h6-11,16H,1-5H3. The SMILES string of the molecule is Cc1ccc(S(=O)(=O)N(c2c(C)cc(C)cc2C)C(C)C(=O)Cl)cc1. The number of hydrogen-bond donors (Lipinski definition) is 0. The fourth-order valence-corrected chi connectivity index (χ4v) is 4.86. The van der Waals surface area contributed by atoms with Gasteiger partial charge in [-0.1, -0.05) is 35.4 Å². The molecule has 4 nitrogen and oxygen atoms in total. The number of sulfonamides is 1. The van der Waals surface area contributed by atoms with Crippen LogP contribution in [0.3, 0.4) is 0 Å². The lowest BCUT2D eigenvalue weighted by molar-refractivity contribution is -0.112. The number of carbonyl (C=O) groups excluding carboxylic acids is 1. The summed E-state index contributed by atoms with van der Waals surface area (Å²) in [7, 11) is -3.94. The fourth-order valence-electron chi connectivity index (χ4n) is 2.96. The van der Waals surface area contributed by atoms with Crippen molar-refractivity contribution in [3.05, 3.63) is 58.7 Å². The Morgan fingerprint density at radius 1 is 0.960 bits per heavy atom. The van der Waals surface area contributed by atoms with Crippen molar-refractivity contribution in [1.82, 2.24) is 0 Å². The highest BCUT2D eigenvalue weighted by Crippen LogP contribution is 2.33. The number of hydrogen-bond acceptors (Lipinski definition) is 3. The summed E-state index contributed by atoms with van der Waals surface area (Å²) in [5.41, 5.74) is 4.02. The van der Waals surface area contributed by atoms with E-state index in [0.717, 1.165) is 26.6 Å². The molecule has 0 saturated heterocycles. The van der Waals surface area contributed by atoms with Crippen LogP contribution >= 0.6 is 11.6 Å². The molecule has 25 heavy (non-hydrogen) atoms. The van der Waals surface area contributed by atoms with Crippen LogP contribution < -0.4 is 4.31 Å². The van der Waals surface area contributed by atoms with Crippen molar-refractivity contribution in [2.45, 2.75) is 45.6 Å². The first kappa shape index (κ1) is 19.5. The average molecular weight is 380 g/mol. The maximum Gasteiger partial charge on any atom is 0.265 e. The van der Waals surface area contributed by atoms with E-state index in [4.69, 9.17) is 11.6 Å². The summed E-state index contributed by atoms with van der Waals surface area (Å²) in [6.45, 7) is 8.99. The highest BCUT2D eigenvalue weighted by molar-refractivity contribution is 7.93. The number of rotatable bonds is 5. The molecule has 0 radical (unpaired) electrons. The van der Waals surface area contributed by atoms with Crippen molar-refractivity contribution in [3.63, 3.8) is 0 Å². The predicted molar refractivity (Wildman–Crippen MR) is 102 cm³/mol. The molecular weight excluding hydrogens is 358 g/mol. The molecule has 0 bridgehead atoms. The number of benzene rings is 2. The van der Waals surface area contributed by atoms with E-state index in [-0.39, 0.29) is 4.90 Å². The average Bonchev–Trinajstić information content (AvgIpc) is 2.50. The first-order chi connectivity index (χ1) is 11.6. The molecule has 0 N–H and O–H groups in total. The normalized spacial score (nSPS) is 12.7. The van der Waals surface area contributed by atoms with Gasteiger partial charge in [0.2, 0.25) is 5.24 Å². The second kappa shape index (κ2) is 7.18. The Balaban J connectivity index is 2.74. The zero-order valence-corrected chi connectivity index (χ0v) is 16.6. The van der Waals surface area contributed by atoms with E-state index >= 15 is 0 Å². The van der Waals surface area contributed by atoms with Gasteiger partial charge in [-0.15, -0.1) is 0 Å². The molecule has 134 valence electrons. The maximum absolute atomic E-state index is 13.3. The number of anilines is 1. The molecule has 0 aromatic heterocycles. The van der Waals surface area contributed by atoms with E-state index in [0.29, 0.717) is 5.69 Å². The van der Waals surface area contributed by atoms with Crippen LogP contribution in [0.2, 0.25) is 0 Å². The van der Waals surface area contributed by atoms with Crippen LogP contribution in [0.1, 0.15) is 29.2 Å². The topological polar surface area (TPSA) is 54.5 Å².